The van der Waals surface area contributed by atoms with E-state index in [1.54, 1.807) is 17.7 Å². The highest BCUT2D eigenvalue weighted by Gasteiger charge is 2.23. The lowest BCUT2D eigenvalue weighted by atomic mass is 9.94. The van der Waals surface area contributed by atoms with Gasteiger partial charge in [-0.3, -0.25) is 0 Å². The Bertz CT molecular complexity index is 536. The number of thiophene rings is 1. The van der Waals surface area contributed by atoms with E-state index in [-0.39, 0.29) is 0 Å². The Morgan fingerprint density at radius 2 is 2.11 bits per heavy atom. The van der Waals surface area contributed by atoms with Crippen LogP contribution in [0.4, 0.5) is 5.82 Å². The molecule has 0 N–H and O–H groups in total. The molecule has 0 amide bonds. The molecular formula is C14H18ClN3S. The molecular weight excluding hydrogens is 278 g/mol. The van der Waals surface area contributed by atoms with Crippen molar-refractivity contribution in [1.29, 1.82) is 0 Å². The maximum atomic E-state index is 6.01. The molecule has 0 aromatic carbocycles. The van der Waals surface area contributed by atoms with Crippen molar-refractivity contribution in [2.45, 2.75) is 38.1 Å². The van der Waals surface area contributed by atoms with Crippen LogP contribution in [0.3, 0.4) is 0 Å². The van der Waals surface area contributed by atoms with Crippen LogP contribution in [0, 0.1) is 0 Å². The predicted octanol–water partition coefficient (Wildman–Crippen LogP) is 4.07. The second-order valence-corrected chi connectivity index (χ2v) is 6.30. The second-order valence-electron chi connectivity index (χ2n) is 5.01. The molecule has 19 heavy (non-hydrogen) atoms. The number of rotatable bonds is 4. The first-order chi connectivity index (χ1) is 9.40. The fourth-order valence-electron chi connectivity index (χ4n) is 2.93. The van der Waals surface area contributed by atoms with E-state index >= 15 is 0 Å². The van der Waals surface area contributed by atoms with Gasteiger partial charge < -0.3 is 4.90 Å². The molecule has 0 radical (unpaired) electrons. The molecule has 2 heterocycles. The number of hydrogen-bond acceptors (Lipinski definition) is 4. The molecule has 1 saturated carbocycles. The molecule has 3 rings (SSSR count). The van der Waals surface area contributed by atoms with Gasteiger partial charge in [-0.1, -0.05) is 19.3 Å². The Labute approximate surface area is 122 Å². The van der Waals surface area contributed by atoms with Gasteiger partial charge in [0, 0.05) is 18.5 Å². The van der Waals surface area contributed by atoms with E-state index in [0.29, 0.717) is 11.9 Å². The minimum absolute atomic E-state index is 0.590. The summed E-state index contributed by atoms with van der Waals surface area (Å²) in [5.41, 5.74) is 1.05. The van der Waals surface area contributed by atoms with E-state index in [2.05, 4.69) is 26.3 Å². The van der Waals surface area contributed by atoms with Gasteiger partial charge in [0.05, 0.1) is 10.2 Å². The minimum Gasteiger partial charge on any atom is -0.351 e. The van der Waals surface area contributed by atoms with Gasteiger partial charge in [-0.25, -0.2) is 9.97 Å². The summed E-state index contributed by atoms with van der Waals surface area (Å²) in [4.78, 5) is 11.3. The summed E-state index contributed by atoms with van der Waals surface area (Å²) in [5, 5.41) is 2.09. The zero-order valence-corrected chi connectivity index (χ0v) is 12.5. The topological polar surface area (TPSA) is 29.0 Å². The zero-order valence-electron chi connectivity index (χ0n) is 10.9. The van der Waals surface area contributed by atoms with Crippen molar-refractivity contribution in [3.63, 3.8) is 0 Å². The maximum absolute atomic E-state index is 6.01. The van der Waals surface area contributed by atoms with Gasteiger partial charge in [0.25, 0.3) is 0 Å². The fourth-order valence-corrected chi connectivity index (χ4v) is 3.96. The highest BCUT2D eigenvalue weighted by molar-refractivity contribution is 7.17. The van der Waals surface area contributed by atoms with E-state index in [4.69, 9.17) is 11.6 Å². The van der Waals surface area contributed by atoms with Gasteiger partial charge in [-0.2, -0.15) is 0 Å². The van der Waals surface area contributed by atoms with E-state index in [0.717, 1.165) is 17.9 Å². The standard InChI is InChI=1S/C14H18ClN3S/c15-7-8-18(11-4-2-1-3-5-11)14-13-12(6-9-19-13)16-10-17-14/h6,9-11H,1-5,7-8H2. The average molecular weight is 296 g/mol. The lowest BCUT2D eigenvalue weighted by Crippen LogP contribution is -2.38. The number of halogens is 1. The monoisotopic (exact) mass is 295 g/mol. The number of nitrogens with zero attached hydrogens (tertiary/aromatic N) is 3. The van der Waals surface area contributed by atoms with Crippen LogP contribution >= 0.6 is 22.9 Å². The molecule has 0 bridgehead atoms. The Hall–Kier alpha value is -0.870. The summed E-state index contributed by atoms with van der Waals surface area (Å²) in [7, 11) is 0. The molecule has 2 aromatic heterocycles. The Kier molecular flexibility index (Phi) is 4.18. The van der Waals surface area contributed by atoms with Gasteiger partial charge in [0.1, 0.15) is 12.1 Å². The molecule has 3 nitrogen and oxygen atoms in total. The van der Waals surface area contributed by atoms with Crippen molar-refractivity contribution in [2.75, 3.05) is 17.3 Å². The summed E-state index contributed by atoms with van der Waals surface area (Å²) in [6.07, 6.45) is 8.20. The Morgan fingerprint density at radius 3 is 2.89 bits per heavy atom. The minimum atomic E-state index is 0.590. The van der Waals surface area contributed by atoms with Crippen molar-refractivity contribution in [3.8, 4) is 0 Å². The van der Waals surface area contributed by atoms with Gasteiger partial charge in [-0.15, -0.1) is 22.9 Å². The quantitative estimate of drug-likeness (QED) is 0.796. The van der Waals surface area contributed by atoms with E-state index in [1.807, 2.05) is 0 Å². The number of alkyl halides is 1. The summed E-state index contributed by atoms with van der Waals surface area (Å²) >= 11 is 7.73. The summed E-state index contributed by atoms with van der Waals surface area (Å²) in [6.45, 7) is 0.871. The maximum Gasteiger partial charge on any atom is 0.150 e. The molecule has 1 aliphatic carbocycles. The molecule has 2 aromatic rings. The largest absolute Gasteiger partial charge is 0.351 e. The van der Waals surface area contributed by atoms with Crippen LogP contribution in [0.5, 0.6) is 0 Å². The van der Waals surface area contributed by atoms with Crippen LogP contribution in [0.15, 0.2) is 17.8 Å². The molecule has 0 unspecified atom stereocenters. The number of anilines is 1. The lowest BCUT2D eigenvalue weighted by molar-refractivity contribution is 0.417. The smallest absolute Gasteiger partial charge is 0.150 e. The van der Waals surface area contributed by atoms with Crippen molar-refractivity contribution in [2.24, 2.45) is 0 Å². The average Bonchev–Trinajstić information content (AvgIpc) is 2.94. The molecule has 0 spiro atoms. The first-order valence-electron chi connectivity index (χ1n) is 6.91. The first-order valence-corrected chi connectivity index (χ1v) is 8.32. The number of hydrogen-bond donors (Lipinski definition) is 0. The van der Waals surface area contributed by atoms with Crippen LogP contribution in [0.25, 0.3) is 10.2 Å². The summed E-state index contributed by atoms with van der Waals surface area (Å²) in [5.74, 6) is 1.72. The van der Waals surface area contributed by atoms with Gasteiger partial charge in [0.2, 0.25) is 0 Å². The summed E-state index contributed by atoms with van der Waals surface area (Å²) < 4.78 is 1.19. The number of fused-ring (bicyclic) bond motifs is 1. The highest BCUT2D eigenvalue weighted by Crippen LogP contribution is 2.32. The normalized spacial score (nSPS) is 16.9. The van der Waals surface area contributed by atoms with Crippen molar-refractivity contribution < 1.29 is 0 Å². The summed E-state index contributed by atoms with van der Waals surface area (Å²) in [6, 6.07) is 2.65. The van der Waals surface area contributed by atoms with Crippen molar-refractivity contribution in [3.05, 3.63) is 17.8 Å². The first kappa shape index (κ1) is 13.1. The van der Waals surface area contributed by atoms with Gasteiger partial charge in [0.15, 0.2) is 0 Å². The third kappa shape index (κ3) is 2.70. The fraction of sp³-hybridized carbons (Fsp3) is 0.571. The van der Waals surface area contributed by atoms with Crippen LogP contribution in [0.2, 0.25) is 0 Å². The molecule has 0 atom stereocenters. The van der Waals surface area contributed by atoms with Crippen LogP contribution < -0.4 is 4.90 Å². The molecule has 102 valence electrons. The molecule has 0 aliphatic heterocycles. The molecule has 0 saturated heterocycles. The Balaban J connectivity index is 1.96. The van der Waals surface area contributed by atoms with Crippen molar-refractivity contribution in [1.82, 2.24) is 9.97 Å². The van der Waals surface area contributed by atoms with E-state index in [9.17, 15) is 0 Å². The zero-order chi connectivity index (χ0) is 13.1. The molecule has 5 heteroatoms. The van der Waals surface area contributed by atoms with Gasteiger partial charge >= 0.3 is 0 Å². The Morgan fingerprint density at radius 1 is 1.26 bits per heavy atom. The highest BCUT2D eigenvalue weighted by atomic mass is 35.5. The molecule has 1 fully saturated rings. The van der Waals surface area contributed by atoms with Crippen LogP contribution in [-0.2, 0) is 0 Å². The van der Waals surface area contributed by atoms with E-state index in [1.165, 1.54) is 36.8 Å². The SMILES string of the molecule is ClCCN(c1ncnc2ccsc12)C1CCCCC1. The molecule has 1 aliphatic rings. The third-order valence-electron chi connectivity index (χ3n) is 3.84. The number of aromatic nitrogens is 2. The van der Waals surface area contributed by atoms with Gasteiger partial charge in [-0.05, 0) is 24.3 Å². The van der Waals surface area contributed by atoms with E-state index < -0.39 is 0 Å². The third-order valence-corrected chi connectivity index (χ3v) is 4.91. The van der Waals surface area contributed by atoms with Crippen LogP contribution in [-0.4, -0.2) is 28.4 Å². The second kappa shape index (κ2) is 6.06. The predicted molar refractivity (Wildman–Crippen MR) is 82.4 cm³/mol. The van der Waals surface area contributed by atoms with Crippen LogP contribution in [0.1, 0.15) is 32.1 Å². The van der Waals surface area contributed by atoms with Crippen molar-refractivity contribution >= 4 is 39.0 Å². The lowest BCUT2D eigenvalue weighted by Gasteiger charge is -2.35.